The molecule has 0 aromatic heterocycles. The van der Waals surface area contributed by atoms with E-state index < -0.39 is 9.84 Å². The van der Waals surface area contributed by atoms with E-state index in [0.717, 1.165) is 11.1 Å². The van der Waals surface area contributed by atoms with Crippen molar-refractivity contribution in [2.24, 2.45) is 5.73 Å². The predicted octanol–water partition coefficient (Wildman–Crippen LogP) is 0.987. The maximum Gasteiger partial charge on any atom is 0.176 e. The van der Waals surface area contributed by atoms with Gasteiger partial charge in [0, 0.05) is 12.3 Å². The lowest BCUT2D eigenvalue weighted by Gasteiger charge is -2.17. The molecule has 15 heavy (non-hydrogen) atoms. The molecule has 1 aromatic rings. The van der Waals surface area contributed by atoms with Gasteiger partial charge in [0.25, 0.3) is 0 Å². The summed E-state index contributed by atoms with van der Waals surface area (Å²) in [4.78, 5) is 0.392. The molecule has 0 fully saturated rings. The molecule has 3 nitrogen and oxygen atoms in total. The van der Waals surface area contributed by atoms with Crippen LogP contribution in [0.4, 0.5) is 0 Å². The SMILES string of the molecule is CS(=O)(=O)c1cccc2c1C=CC(N)C2. The topological polar surface area (TPSA) is 60.2 Å². The minimum absolute atomic E-state index is 0.00712. The quantitative estimate of drug-likeness (QED) is 0.772. The first-order valence-corrected chi connectivity index (χ1v) is 6.63. The summed E-state index contributed by atoms with van der Waals surface area (Å²) in [6.07, 6.45) is 5.58. The second-order valence-electron chi connectivity index (χ2n) is 3.83. The number of sulfone groups is 1. The van der Waals surface area contributed by atoms with Crippen LogP contribution in [0.25, 0.3) is 6.08 Å². The molecule has 0 radical (unpaired) electrons. The van der Waals surface area contributed by atoms with Crippen LogP contribution in [0.5, 0.6) is 0 Å². The van der Waals surface area contributed by atoms with Crippen molar-refractivity contribution in [3.05, 3.63) is 35.4 Å². The molecule has 0 aliphatic heterocycles. The molecule has 1 unspecified atom stereocenters. The monoisotopic (exact) mass is 223 g/mol. The van der Waals surface area contributed by atoms with Crippen LogP contribution >= 0.6 is 0 Å². The first kappa shape index (κ1) is 10.4. The Morgan fingerprint density at radius 1 is 1.40 bits per heavy atom. The highest BCUT2D eigenvalue weighted by Gasteiger charge is 2.18. The Kier molecular flexibility index (Phi) is 2.40. The summed E-state index contributed by atoms with van der Waals surface area (Å²) in [6.45, 7) is 0. The highest BCUT2D eigenvalue weighted by Crippen LogP contribution is 2.25. The average Bonchev–Trinajstić information content (AvgIpc) is 2.15. The van der Waals surface area contributed by atoms with Crippen molar-refractivity contribution < 1.29 is 8.42 Å². The molecule has 2 N–H and O–H groups in total. The number of nitrogens with two attached hydrogens (primary N) is 1. The molecule has 1 aliphatic carbocycles. The normalized spacial score (nSPS) is 20.0. The molecule has 2 rings (SSSR count). The highest BCUT2D eigenvalue weighted by molar-refractivity contribution is 7.90. The fourth-order valence-corrected chi connectivity index (χ4v) is 2.75. The zero-order chi connectivity index (χ0) is 11.1. The van der Waals surface area contributed by atoms with Crippen LogP contribution in [-0.2, 0) is 16.3 Å². The highest BCUT2D eigenvalue weighted by atomic mass is 32.2. The molecule has 0 saturated carbocycles. The van der Waals surface area contributed by atoms with Gasteiger partial charge in [0.05, 0.1) is 4.90 Å². The zero-order valence-electron chi connectivity index (χ0n) is 8.47. The van der Waals surface area contributed by atoms with Crippen LogP contribution in [0.1, 0.15) is 11.1 Å². The van der Waals surface area contributed by atoms with Gasteiger partial charge in [0.2, 0.25) is 0 Å². The third-order valence-electron chi connectivity index (χ3n) is 2.52. The molecule has 0 saturated heterocycles. The summed E-state index contributed by atoms with van der Waals surface area (Å²) in [7, 11) is -3.15. The number of rotatable bonds is 1. The Morgan fingerprint density at radius 2 is 2.13 bits per heavy atom. The molecule has 1 atom stereocenters. The lowest BCUT2D eigenvalue weighted by Crippen LogP contribution is -2.23. The summed E-state index contributed by atoms with van der Waals surface area (Å²) in [5.74, 6) is 0. The van der Waals surface area contributed by atoms with Gasteiger partial charge in [0.15, 0.2) is 9.84 Å². The number of hydrogen-bond acceptors (Lipinski definition) is 3. The van der Waals surface area contributed by atoms with Crippen LogP contribution in [0.2, 0.25) is 0 Å². The van der Waals surface area contributed by atoms with Gasteiger partial charge in [-0.15, -0.1) is 0 Å². The number of hydrogen-bond donors (Lipinski definition) is 1. The molecule has 1 aromatic carbocycles. The average molecular weight is 223 g/mol. The van der Waals surface area contributed by atoms with Crippen molar-refractivity contribution in [1.29, 1.82) is 0 Å². The van der Waals surface area contributed by atoms with Crippen molar-refractivity contribution >= 4 is 15.9 Å². The van der Waals surface area contributed by atoms with Gasteiger partial charge in [-0.25, -0.2) is 8.42 Å². The largest absolute Gasteiger partial charge is 0.324 e. The van der Waals surface area contributed by atoms with E-state index in [2.05, 4.69) is 0 Å². The van der Waals surface area contributed by atoms with Crippen LogP contribution in [0.3, 0.4) is 0 Å². The van der Waals surface area contributed by atoms with Gasteiger partial charge in [-0.3, -0.25) is 0 Å². The van der Waals surface area contributed by atoms with E-state index in [4.69, 9.17) is 5.73 Å². The first-order chi connectivity index (χ1) is 6.98. The molecule has 0 amide bonds. The summed E-state index contributed by atoms with van der Waals surface area (Å²) >= 11 is 0. The van der Waals surface area contributed by atoms with E-state index in [1.54, 1.807) is 18.2 Å². The second kappa shape index (κ2) is 3.47. The third-order valence-corrected chi connectivity index (χ3v) is 3.68. The van der Waals surface area contributed by atoms with Crippen molar-refractivity contribution in [2.45, 2.75) is 17.4 Å². The van der Waals surface area contributed by atoms with Gasteiger partial charge in [-0.2, -0.15) is 0 Å². The van der Waals surface area contributed by atoms with Crippen LogP contribution in [0.15, 0.2) is 29.2 Å². The Hall–Kier alpha value is -1.13. The predicted molar refractivity (Wildman–Crippen MR) is 60.3 cm³/mol. The van der Waals surface area contributed by atoms with E-state index in [0.29, 0.717) is 11.3 Å². The summed E-state index contributed by atoms with van der Waals surface area (Å²) in [5.41, 5.74) is 7.57. The lowest BCUT2D eigenvalue weighted by molar-refractivity contribution is 0.601. The molecular formula is C11H13NO2S. The van der Waals surface area contributed by atoms with Gasteiger partial charge in [0.1, 0.15) is 0 Å². The smallest absolute Gasteiger partial charge is 0.176 e. The maximum absolute atomic E-state index is 11.5. The Morgan fingerprint density at radius 3 is 2.80 bits per heavy atom. The minimum Gasteiger partial charge on any atom is -0.324 e. The molecule has 4 heteroatoms. The Balaban J connectivity index is 2.65. The zero-order valence-corrected chi connectivity index (χ0v) is 9.29. The molecule has 0 heterocycles. The Bertz CT molecular complexity index is 517. The maximum atomic E-state index is 11.5. The van der Waals surface area contributed by atoms with Crippen molar-refractivity contribution in [3.8, 4) is 0 Å². The first-order valence-electron chi connectivity index (χ1n) is 4.74. The van der Waals surface area contributed by atoms with Crippen LogP contribution in [-0.4, -0.2) is 20.7 Å². The van der Waals surface area contributed by atoms with Gasteiger partial charge in [-0.1, -0.05) is 24.3 Å². The fraction of sp³-hybridized carbons (Fsp3) is 0.273. The minimum atomic E-state index is -3.15. The standard InChI is InChI=1S/C11H13NO2S/c1-15(13,14)11-4-2-3-8-7-9(12)5-6-10(8)11/h2-6,9H,7,12H2,1H3. The number of fused-ring (bicyclic) bond motifs is 1. The number of benzene rings is 1. The molecule has 80 valence electrons. The van der Waals surface area contributed by atoms with Gasteiger partial charge in [-0.05, 0) is 23.6 Å². The summed E-state index contributed by atoms with van der Waals surface area (Å²) < 4.78 is 23.0. The van der Waals surface area contributed by atoms with Crippen molar-refractivity contribution in [3.63, 3.8) is 0 Å². The van der Waals surface area contributed by atoms with E-state index in [9.17, 15) is 8.42 Å². The lowest BCUT2D eigenvalue weighted by atomic mass is 9.95. The molecule has 0 bridgehead atoms. The fourth-order valence-electron chi connectivity index (χ4n) is 1.82. The Labute approximate surface area is 89.5 Å². The van der Waals surface area contributed by atoms with E-state index in [1.165, 1.54) is 6.26 Å². The molecular weight excluding hydrogens is 210 g/mol. The third kappa shape index (κ3) is 1.96. The van der Waals surface area contributed by atoms with Crippen LogP contribution in [0, 0.1) is 0 Å². The van der Waals surface area contributed by atoms with Crippen molar-refractivity contribution in [2.75, 3.05) is 6.26 Å². The van der Waals surface area contributed by atoms with Crippen molar-refractivity contribution in [1.82, 2.24) is 0 Å². The van der Waals surface area contributed by atoms with E-state index >= 15 is 0 Å². The molecule has 1 aliphatic rings. The van der Waals surface area contributed by atoms with Gasteiger partial charge < -0.3 is 5.73 Å². The summed E-state index contributed by atoms with van der Waals surface area (Å²) in [6, 6.07) is 5.32. The molecule has 0 spiro atoms. The second-order valence-corrected chi connectivity index (χ2v) is 5.81. The van der Waals surface area contributed by atoms with Gasteiger partial charge >= 0.3 is 0 Å². The van der Waals surface area contributed by atoms with Crippen LogP contribution < -0.4 is 5.73 Å². The van der Waals surface area contributed by atoms with E-state index in [1.807, 2.05) is 12.1 Å². The summed E-state index contributed by atoms with van der Waals surface area (Å²) in [5, 5.41) is 0. The van der Waals surface area contributed by atoms with E-state index in [-0.39, 0.29) is 6.04 Å².